The monoisotopic (exact) mass is 455 g/mol. The zero-order valence-corrected chi connectivity index (χ0v) is 19.8. The largest absolute Gasteiger partial charge is 0.495 e. The highest BCUT2D eigenvalue weighted by Crippen LogP contribution is 2.28. The Morgan fingerprint density at radius 3 is 2.56 bits per heavy atom. The third-order valence-electron chi connectivity index (χ3n) is 5.67. The molecule has 1 amide bonds. The van der Waals surface area contributed by atoms with Gasteiger partial charge in [-0.05, 0) is 49.9 Å². The van der Waals surface area contributed by atoms with E-state index in [1.165, 1.54) is 11.8 Å². The fourth-order valence-corrected chi connectivity index (χ4v) is 4.30. The number of methoxy groups -OCH3 is 1. The highest BCUT2D eigenvalue weighted by molar-refractivity contribution is 7.99. The number of anilines is 2. The van der Waals surface area contributed by atoms with Crippen LogP contribution < -0.4 is 15.0 Å². The standard InChI is InChI=1S/C25H33N3O3S/c1-31-24-12-4-3-10-22(24)28-16-14-27(15-17-28)13-6-5-11-23(29)20-8-7-9-21(18-20)26-25(30)19-32-2/h3-4,7-10,12,18H,5-6,11,13-17,19H2,1-2H3,(H,26,30). The maximum atomic E-state index is 12.6. The summed E-state index contributed by atoms with van der Waals surface area (Å²) in [6, 6.07) is 15.4. The molecule has 2 aromatic rings. The van der Waals surface area contributed by atoms with Crippen molar-refractivity contribution in [1.29, 1.82) is 0 Å². The summed E-state index contributed by atoms with van der Waals surface area (Å²) in [6.07, 6.45) is 4.29. The molecule has 1 aliphatic heterocycles. The van der Waals surface area contributed by atoms with Gasteiger partial charge < -0.3 is 15.0 Å². The molecule has 0 saturated carbocycles. The molecular formula is C25H33N3O3S. The highest BCUT2D eigenvalue weighted by atomic mass is 32.2. The maximum Gasteiger partial charge on any atom is 0.234 e. The summed E-state index contributed by atoms with van der Waals surface area (Å²) >= 11 is 1.47. The third kappa shape index (κ3) is 7.00. The van der Waals surface area contributed by atoms with E-state index in [0.717, 1.165) is 57.0 Å². The number of benzene rings is 2. The number of hydrogen-bond acceptors (Lipinski definition) is 6. The number of ether oxygens (including phenoxy) is 1. The Morgan fingerprint density at radius 2 is 1.81 bits per heavy atom. The summed E-state index contributed by atoms with van der Waals surface area (Å²) in [4.78, 5) is 29.2. The quantitative estimate of drug-likeness (QED) is 0.405. The van der Waals surface area contributed by atoms with Gasteiger partial charge >= 0.3 is 0 Å². The van der Waals surface area contributed by atoms with E-state index in [0.29, 0.717) is 23.4 Å². The van der Waals surface area contributed by atoms with Crippen LogP contribution in [0.2, 0.25) is 0 Å². The minimum atomic E-state index is -0.0482. The maximum absolute atomic E-state index is 12.6. The lowest BCUT2D eigenvalue weighted by Crippen LogP contribution is -2.46. The van der Waals surface area contributed by atoms with Crippen LogP contribution in [0.5, 0.6) is 5.75 Å². The zero-order chi connectivity index (χ0) is 22.8. The second-order valence-electron chi connectivity index (χ2n) is 7.94. The molecule has 1 fully saturated rings. The fraction of sp³-hybridized carbons (Fsp3) is 0.440. The Bertz CT molecular complexity index is 898. The Morgan fingerprint density at radius 1 is 1.03 bits per heavy atom. The molecule has 3 rings (SSSR count). The molecule has 2 aromatic carbocycles. The van der Waals surface area contributed by atoms with Gasteiger partial charge in [0.15, 0.2) is 5.78 Å². The molecule has 1 N–H and O–H groups in total. The average Bonchev–Trinajstić information content (AvgIpc) is 2.82. The van der Waals surface area contributed by atoms with Crippen molar-refractivity contribution < 1.29 is 14.3 Å². The van der Waals surface area contributed by atoms with E-state index >= 15 is 0 Å². The van der Waals surface area contributed by atoms with Crippen molar-refractivity contribution in [1.82, 2.24) is 4.90 Å². The molecule has 32 heavy (non-hydrogen) atoms. The van der Waals surface area contributed by atoms with E-state index in [1.807, 2.05) is 36.6 Å². The van der Waals surface area contributed by atoms with Gasteiger partial charge in [0, 0.05) is 43.9 Å². The summed E-state index contributed by atoms with van der Waals surface area (Å²) < 4.78 is 5.49. The third-order valence-corrected chi connectivity index (χ3v) is 6.22. The second-order valence-corrected chi connectivity index (χ2v) is 8.81. The molecule has 172 valence electrons. The molecule has 0 aromatic heterocycles. The first kappa shape index (κ1) is 24.1. The van der Waals surface area contributed by atoms with Crippen LogP contribution in [-0.2, 0) is 4.79 Å². The van der Waals surface area contributed by atoms with Gasteiger partial charge in [-0.25, -0.2) is 0 Å². The minimum Gasteiger partial charge on any atom is -0.495 e. The van der Waals surface area contributed by atoms with Gasteiger partial charge in [0.1, 0.15) is 5.75 Å². The van der Waals surface area contributed by atoms with Crippen LogP contribution in [0, 0.1) is 0 Å². The molecule has 0 aliphatic carbocycles. The SMILES string of the molecule is COc1ccccc1N1CCN(CCCCC(=O)c2cccc(NC(=O)CSC)c2)CC1. The van der Waals surface area contributed by atoms with Gasteiger partial charge in [-0.3, -0.25) is 14.5 Å². The van der Waals surface area contributed by atoms with Crippen LogP contribution in [0.15, 0.2) is 48.5 Å². The summed E-state index contributed by atoms with van der Waals surface area (Å²) in [5, 5.41) is 2.84. The Labute approximate surface area is 195 Å². The van der Waals surface area contributed by atoms with Crippen molar-refractivity contribution in [2.24, 2.45) is 0 Å². The number of para-hydroxylation sites is 2. The molecule has 0 bridgehead atoms. The number of carbonyl (C=O) groups excluding carboxylic acids is 2. The number of thioether (sulfide) groups is 1. The van der Waals surface area contributed by atoms with Crippen LogP contribution in [0.3, 0.4) is 0 Å². The first-order valence-electron chi connectivity index (χ1n) is 11.1. The number of ketones is 1. The number of rotatable bonds is 11. The van der Waals surface area contributed by atoms with Crippen LogP contribution in [0.1, 0.15) is 29.6 Å². The van der Waals surface area contributed by atoms with Crippen molar-refractivity contribution >= 4 is 34.8 Å². The molecule has 0 atom stereocenters. The van der Waals surface area contributed by atoms with Crippen molar-refractivity contribution in [3.63, 3.8) is 0 Å². The number of Topliss-reactive ketones (excluding diaryl/α,β-unsaturated/α-hetero) is 1. The summed E-state index contributed by atoms with van der Waals surface area (Å²) in [7, 11) is 1.72. The molecule has 6 nitrogen and oxygen atoms in total. The van der Waals surface area contributed by atoms with Gasteiger partial charge in [0.05, 0.1) is 18.6 Å². The van der Waals surface area contributed by atoms with E-state index in [4.69, 9.17) is 4.74 Å². The predicted octanol–water partition coefficient (Wildman–Crippen LogP) is 4.17. The zero-order valence-electron chi connectivity index (χ0n) is 19.0. The molecule has 1 aliphatic rings. The van der Waals surface area contributed by atoms with E-state index in [-0.39, 0.29) is 11.7 Å². The molecule has 0 radical (unpaired) electrons. The van der Waals surface area contributed by atoms with E-state index < -0.39 is 0 Å². The fourth-order valence-electron chi connectivity index (χ4n) is 3.97. The van der Waals surface area contributed by atoms with Crippen LogP contribution >= 0.6 is 11.8 Å². The lowest BCUT2D eigenvalue weighted by atomic mass is 10.0. The van der Waals surface area contributed by atoms with Crippen LogP contribution in [0.4, 0.5) is 11.4 Å². The summed E-state index contributed by atoms with van der Waals surface area (Å²) in [6.45, 7) is 5.01. The second kappa shape index (κ2) is 12.5. The van der Waals surface area contributed by atoms with Gasteiger partial charge in [0.25, 0.3) is 0 Å². The van der Waals surface area contributed by atoms with Gasteiger partial charge in [0.2, 0.25) is 5.91 Å². The number of unbranched alkanes of at least 4 members (excludes halogenated alkanes) is 1. The number of nitrogens with zero attached hydrogens (tertiary/aromatic N) is 2. The van der Waals surface area contributed by atoms with Gasteiger partial charge in [-0.15, -0.1) is 0 Å². The topological polar surface area (TPSA) is 61.9 Å². The van der Waals surface area contributed by atoms with Crippen molar-refractivity contribution in [2.45, 2.75) is 19.3 Å². The van der Waals surface area contributed by atoms with Crippen molar-refractivity contribution in [3.05, 3.63) is 54.1 Å². The van der Waals surface area contributed by atoms with Crippen molar-refractivity contribution in [2.75, 3.05) is 62.1 Å². The summed E-state index contributed by atoms with van der Waals surface area (Å²) in [5.74, 6) is 1.41. The first-order valence-corrected chi connectivity index (χ1v) is 12.5. The van der Waals surface area contributed by atoms with E-state index in [9.17, 15) is 9.59 Å². The lowest BCUT2D eigenvalue weighted by molar-refractivity contribution is -0.113. The number of amides is 1. The van der Waals surface area contributed by atoms with E-state index in [1.54, 1.807) is 13.2 Å². The van der Waals surface area contributed by atoms with Crippen LogP contribution in [-0.4, -0.2) is 68.4 Å². The number of piperazine rings is 1. The highest BCUT2D eigenvalue weighted by Gasteiger charge is 2.19. The number of hydrogen-bond donors (Lipinski definition) is 1. The summed E-state index contributed by atoms with van der Waals surface area (Å²) in [5.41, 5.74) is 2.51. The molecular weight excluding hydrogens is 422 g/mol. The number of nitrogens with one attached hydrogen (secondary N) is 1. The Balaban J connectivity index is 1.38. The molecule has 0 spiro atoms. The normalized spacial score (nSPS) is 14.2. The Kier molecular flexibility index (Phi) is 9.43. The average molecular weight is 456 g/mol. The van der Waals surface area contributed by atoms with Gasteiger partial charge in [-0.1, -0.05) is 24.3 Å². The smallest absolute Gasteiger partial charge is 0.234 e. The van der Waals surface area contributed by atoms with Crippen molar-refractivity contribution in [3.8, 4) is 5.75 Å². The first-order chi connectivity index (χ1) is 15.6. The lowest BCUT2D eigenvalue weighted by Gasteiger charge is -2.36. The van der Waals surface area contributed by atoms with Crippen LogP contribution in [0.25, 0.3) is 0 Å². The van der Waals surface area contributed by atoms with Gasteiger partial charge in [-0.2, -0.15) is 11.8 Å². The molecule has 1 heterocycles. The molecule has 0 unspecified atom stereocenters. The molecule has 7 heteroatoms. The Hall–Kier alpha value is -2.51. The van der Waals surface area contributed by atoms with E-state index in [2.05, 4.69) is 27.2 Å². The predicted molar refractivity (Wildman–Crippen MR) is 133 cm³/mol. The molecule has 1 saturated heterocycles. The minimum absolute atomic E-state index is 0.0482. The number of carbonyl (C=O) groups is 2.